The van der Waals surface area contributed by atoms with E-state index < -0.39 is 41.3 Å². The molecule has 0 radical (unpaired) electrons. The molecule has 10 heteroatoms. The van der Waals surface area contributed by atoms with Crippen LogP contribution in [0.4, 0.5) is 17.6 Å². The number of carbonyl (C=O) groups excluding carboxylic acids is 1. The van der Waals surface area contributed by atoms with Gasteiger partial charge in [-0.25, -0.2) is 4.79 Å². The Bertz CT molecular complexity index is 532. The number of phenolic OH excluding ortho intramolecular Hbond substituents is 1. The number of benzene rings is 1. The van der Waals surface area contributed by atoms with Crippen LogP contribution in [-0.2, 0) is 15.8 Å². The number of carbonyl (C=O) groups is 1. The molecule has 118 valence electrons. The van der Waals surface area contributed by atoms with E-state index in [1.165, 1.54) is 0 Å². The normalized spacial score (nSPS) is 13.8. The number of rotatable bonds is 6. The average Bonchev–Trinajstić information content (AvgIpc) is 2.38. The van der Waals surface area contributed by atoms with E-state index in [0.717, 1.165) is 24.3 Å². The average molecular weight is 329 g/mol. The van der Waals surface area contributed by atoms with E-state index in [1.807, 2.05) is 0 Å². The fourth-order valence-electron chi connectivity index (χ4n) is 1.22. The van der Waals surface area contributed by atoms with Gasteiger partial charge in [0, 0.05) is 11.1 Å². The van der Waals surface area contributed by atoms with Crippen LogP contribution >= 0.6 is 0 Å². The zero-order chi connectivity index (χ0) is 16.3. The van der Waals surface area contributed by atoms with E-state index in [4.69, 9.17) is 5.11 Å². The molecule has 1 atom stereocenters. The van der Waals surface area contributed by atoms with Crippen molar-refractivity contribution in [2.75, 3.05) is 6.61 Å². The van der Waals surface area contributed by atoms with Gasteiger partial charge >= 0.3 is 17.1 Å². The third-order valence-electron chi connectivity index (χ3n) is 2.39. The fourth-order valence-corrected chi connectivity index (χ4v) is 1.57. The summed E-state index contributed by atoms with van der Waals surface area (Å²) in [4.78, 5) is 11.4. The zero-order valence-corrected chi connectivity index (χ0v) is 11.0. The minimum Gasteiger partial charge on any atom is -0.768 e. The summed E-state index contributed by atoms with van der Waals surface area (Å²) in [7, 11) is 0. The van der Waals surface area contributed by atoms with Crippen LogP contribution in [0.25, 0.3) is 0 Å². The molecule has 0 aliphatic carbocycles. The molecule has 0 saturated heterocycles. The second-order valence-electron chi connectivity index (χ2n) is 3.89. The number of hydrogen-bond acceptors (Lipinski definition) is 5. The molecule has 0 aliphatic heterocycles. The number of alkyl halides is 4. The van der Waals surface area contributed by atoms with Crippen molar-refractivity contribution in [3.05, 3.63) is 29.8 Å². The van der Waals surface area contributed by atoms with Crippen molar-refractivity contribution in [1.29, 1.82) is 0 Å². The van der Waals surface area contributed by atoms with Gasteiger partial charge in [0.25, 0.3) is 0 Å². The second-order valence-corrected chi connectivity index (χ2v) is 4.87. The smallest absolute Gasteiger partial charge is 0.371 e. The van der Waals surface area contributed by atoms with Crippen LogP contribution in [0.2, 0.25) is 0 Å². The highest BCUT2D eigenvalue weighted by molar-refractivity contribution is 7.80. The molecule has 0 fully saturated rings. The van der Waals surface area contributed by atoms with Gasteiger partial charge in [-0.1, -0.05) is 0 Å². The number of phenols is 1. The summed E-state index contributed by atoms with van der Waals surface area (Å²) in [5.74, 6) is -6.08. The van der Waals surface area contributed by atoms with Crippen LogP contribution in [0.3, 0.4) is 0 Å². The van der Waals surface area contributed by atoms with Gasteiger partial charge in [-0.05, 0) is 24.3 Å². The Morgan fingerprint density at radius 1 is 1.24 bits per heavy atom. The van der Waals surface area contributed by atoms with Crippen molar-refractivity contribution in [3.63, 3.8) is 0 Å². The van der Waals surface area contributed by atoms with E-state index in [2.05, 4.69) is 4.74 Å². The molecule has 0 bridgehead atoms. The Hall–Kier alpha value is -1.68. The quantitative estimate of drug-likeness (QED) is 0.490. The highest BCUT2D eigenvalue weighted by Gasteiger charge is 2.57. The minimum atomic E-state index is -5.25. The Kier molecular flexibility index (Phi) is 5.29. The Morgan fingerprint density at radius 3 is 2.24 bits per heavy atom. The summed E-state index contributed by atoms with van der Waals surface area (Å²) in [5, 5.41) is 3.72. The van der Waals surface area contributed by atoms with E-state index in [1.54, 1.807) is 0 Å². The van der Waals surface area contributed by atoms with Crippen molar-refractivity contribution < 1.29 is 41.0 Å². The Labute approximate surface area is 118 Å². The third-order valence-corrected chi connectivity index (χ3v) is 3.10. The van der Waals surface area contributed by atoms with Crippen LogP contribution in [0.15, 0.2) is 24.3 Å². The molecule has 0 heterocycles. The maximum Gasteiger partial charge on any atom is 0.371 e. The summed E-state index contributed by atoms with van der Waals surface area (Å²) in [6.07, 6.45) is -1.65. The first-order chi connectivity index (χ1) is 9.58. The molecule has 1 aromatic rings. The molecule has 1 aromatic carbocycles. The van der Waals surface area contributed by atoms with E-state index in [-0.39, 0.29) is 11.3 Å². The van der Waals surface area contributed by atoms with Gasteiger partial charge in [0.1, 0.15) is 5.75 Å². The molecule has 0 saturated carbocycles. The summed E-state index contributed by atoms with van der Waals surface area (Å²) in [5.41, 5.74) is -0.0877. The number of ether oxygens (including phenoxy) is 1. The Balaban J connectivity index is 2.58. The molecular weight excluding hydrogens is 320 g/mol. The van der Waals surface area contributed by atoms with E-state index >= 15 is 0 Å². The third kappa shape index (κ3) is 4.14. The van der Waals surface area contributed by atoms with Gasteiger partial charge in [-0.15, -0.1) is 0 Å². The van der Waals surface area contributed by atoms with Crippen molar-refractivity contribution >= 4 is 17.0 Å². The van der Waals surface area contributed by atoms with Crippen molar-refractivity contribution in [3.8, 4) is 5.75 Å². The molecule has 21 heavy (non-hydrogen) atoms. The van der Waals surface area contributed by atoms with Gasteiger partial charge in [0.2, 0.25) is 0 Å². The number of aromatic hydroxyl groups is 1. The molecular formula is C11H9F4O5S-. The lowest BCUT2D eigenvalue weighted by Gasteiger charge is -2.27. The summed E-state index contributed by atoms with van der Waals surface area (Å²) in [6.45, 7) is -1.10. The standard InChI is InChI=1S/C11H10F4O5S/c12-10(13,11(14,15)21(18)19)5-6-20-9(17)7-1-3-8(16)4-2-7/h1-4,16H,5-6H2,(H,18,19)/p-1. The molecule has 0 spiro atoms. The molecule has 1 unspecified atom stereocenters. The lowest BCUT2D eigenvalue weighted by Crippen LogP contribution is -2.44. The highest BCUT2D eigenvalue weighted by Crippen LogP contribution is 2.38. The predicted octanol–water partition coefficient (Wildman–Crippen LogP) is 2.05. The first-order valence-electron chi connectivity index (χ1n) is 5.39. The number of hydrogen-bond donors (Lipinski definition) is 1. The maximum atomic E-state index is 13.0. The van der Waals surface area contributed by atoms with Crippen LogP contribution in [-0.4, -0.2) is 37.6 Å². The van der Waals surface area contributed by atoms with Crippen LogP contribution < -0.4 is 0 Å². The minimum absolute atomic E-state index is 0.0877. The van der Waals surface area contributed by atoms with Gasteiger partial charge < -0.3 is 14.4 Å². The second kappa shape index (κ2) is 6.39. The van der Waals surface area contributed by atoms with E-state index in [0.29, 0.717) is 0 Å². The monoisotopic (exact) mass is 329 g/mol. The number of esters is 1. The van der Waals surface area contributed by atoms with Crippen molar-refractivity contribution in [2.45, 2.75) is 17.6 Å². The number of halogens is 4. The first kappa shape index (κ1) is 17.4. The molecule has 1 rings (SSSR count). The van der Waals surface area contributed by atoms with E-state index in [9.17, 15) is 31.1 Å². The van der Waals surface area contributed by atoms with Gasteiger partial charge in [0.15, 0.2) is 0 Å². The largest absolute Gasteiger partial charge is 0.768 e. The first-order valence-corrected chi connectivity index (χ1v) is 6.46. The fraction of sp³-hybridized carbons (Fsp3) is 0.364. The topological polar surface area (TPSA) is 86.7 Å². The zero-order valence-electron chi connectivity index (χ0n) is 10.2. The van der Waals surface area contributed by atoms with Crippen LogP contribution in [0.5, 0.6) is 5.75 Å². The molecule has 1 N–H and O–H groups in total. The SMILES string of the molecule is O=C(OCCC(F)(F)C(F)(F)S(=O)[O-])c1ccc(O)cc1. The van der Waals surface area contributed by atoms with Crippen LogP contribution in [0.1, 0.15) is 16.8 Å². The summed E-state index contributed by atoms with van der Waals surface area (Å²) >= 11 is -4.30. The van der Waals surface area contributed by atoms with Crippen LogP contribution in [0, 0.1) is 0 Å². The Morgan fingerprint density at radius 2 is 1.76 bits per heavy atom. The van der Waals surface area contributed by atoms with Crippen molar-refractivity contribution in [2.24, 2.45) is 0 Å². The highest BCUT2D eigenvalue weighted by atomic mass is 32.2. The predicted molar refractivity (Wildman–Crippen MR) is 61.8 cm³/mol. The maximum absolute atomic E-state index is 13.0. The molecule has 0 aliphatic rings. The lowest BCUT2D eigenvalue weighted by molar-refractivity contribution is -0.166. The molecule has 5 nitrogen and oxygen atoms in total. The van der Waals surface area contributed by atoms with Gasteiger partial charge in [-0.2, -0.15) is 17.6 Å². The van der Waals surface area contributed by atoms with Gasteiger partial charge in [-0.3, -0.25) is 4.21 Å². The molecule has 0 amide bonds. The van der Waals surface area contributed by atoms with Gasteiger partial charge in [0.05, 0.1) is 18.6 Å². The summed E-state index contributed by atoms with van der Waals surface area (Å²) in [6, 6.07) is 4.55. The lowest BCUT2D eigenvalue weighted by atomic mass is 10.2. The summed E-state index contributed by atoms with van der Waals surface area (Å²) < 4.78 is 75.8. The molecule has 0 aromatic heterocycles. The van der Waals surface area contributed by atoms with Crippen molar-refractivity contribution in [1.82, 2.24) is 0 Å².